The van der Waals surface area contributed by atoms with Gasteiger partial charge in [-0.2, -0.15) is 18.3 Å². The molecular formula is C21H22ClF3N5O2+. The van der Waals surface area contributed by atoms with Gasteiger partial charge in [0.15, 0.2) is 17.0 Å². The standard InChI is InChI=1S/C21H21ClF3N5O2/c22-15-4-2-14(3-5-15)16-12-18(21(23,24)25)30-19(27-16)13-17(28-30)20(31)26-6-1-7-29-8-10-32-11-9-29/h2-5,12-13H,1,6-11H2,(H,26,31)/p+1. The minimum Gasteiger partial charge on any atom is -0.370 e. The molecule has 7 nitrogen and oxygen atoms in total. The van der Waals surface area contributed by atoms with E-state index in [9.17, 15) is 18.0 Å². The molecule has 1 aromatic carbocycles. The van der Waals surface area contributed by atoms with Gasteiger partial charge in [-0.15, -0.1) is 0 Å². The molecule has 0 unspecified atom stereocenters. The summed E-state index contributed by atoms with van der Waals surface area (Å²) in [6, 6.07) is 8.49. The Kier molecular flexibility index (Phi) is 6.63. The van der Waals surface area contributed by atoms with Crippen molar-refractivity contribution in [3.05, 3.63) is 52.8 Å². The lowest BCUT2D eigenvalue weighted by molar-refractivity contribution is -0.908. The number of aromatic nitrogens is 3. The Bertz CT molecular complexity index is 1100. The third-order valence-electron chi connectivity index (χ3n) is 5.28. The quantitative estimate of drug-likeness (QED) is 0.543. The number of morpholine rings is 1. The van der Waals surface area contributed by atoms with Crippen LogP contribution in [0.1, 0.15) is 22.6 Å². The van der Waals surface area contributed by atoms with Crippen LogP contribution in [0, 0.1) is 0 Å². The van der Waals surface area contributed by atoms with Gasteiger partial charge in [0.25, 0.3) is 5.91 Å². The lowest BCUT2D eigenvalue weighted by Gasteiger charge is -2.23. The Morgan fingerprint density at radius 2 is 1.91 bits per heavy atom. The fourth-order valence-electron chi connectivity index (χ4n) is 3.60. The molecular weight excluding hydrogens is 447 g/mol. The summed E-state index contributed by atoms with van der Waals surface area (Å²) < 4.78 is 47.0. The van der Waals surface area contributed by atoms with E-state index >= 15 is 0 Å². The van der Waals surface area contributed by atoms with E-state index in [0.717, 1.165) is 45.3 Å². The van der Waals surface area contributed by atoms with Gasteiger partial charge in [-0.3, -0.25) is 4.79 Å². The minimum absolute atomic E-state index is 0.0623. The number of fused-ring (bicyclic) bond motifs is 1. The van der Waals surface area contributed by atoms with Gasteiger partial charge in [0.05, 0.1) is 25.5 Å². The first-order valence-corrected chi connectivity index (χ1v) is 10.6. The van der Waals surface area contributed by atoms with E-state index in [1.165, 1.54) is 11.0 Å². The second kappa shape index (κ2) is 9.43. The van der Waals surface area contributed by atoms with Crippen molar-refractivity contribution >= 4 is 23.2 Å². The van der Waals surface area contributed by atoms with Crippen LogP contribution in [0.2, 0.25) is 5.02 Å². The molecule has 2 N–H and O–H groups in total. The van der Waals surface area contributed by atoms with Crippen molar-refractivity contribution in [2.24, 2.45) is 0 Å². The Hall–Kier alpha value is -2.69. The van der Waals surface area contributed by atoms with Crippen molar-refractivity contribution in [1.29, 1.82) is 0 Å². The molecule has 2 aromatic heterocycles. The molecule has 1 saturated heterocycles. The van der Waals surface area contributed by atoms with E-state index < -0.39 is 17.8 Å². The average Bonchev–Trinajstić information content (AvgIpc) is 3.21. The van der Waals surface area contributed by atoms with E-state index in [2.05, 4.69) is 15.4 Å². The lowest BCUT2D eigenvalue weighted by Crippen LogP contribution is -3.14. The van der Waals surface area contributed by atoms with Crippen LogP contribution in [0.25, 0.3) is 16.9 Å². The van der Waals surface area contributed by atoms with Crippen molar-refractivity contribution in [2.45, 2.75) is 12.6 Å². The SMILES string of the molecule is O=C(NCCC[NH+]1CCOCC1)c1cc2nc(-c3ccc(Cl)cc3)cc(C(F)(F)F)n2n1. The van der Waals surface area contributed by atoms with Crippen molar-refractivity contribution in [1.82, 2.24) is 19.9 Å². The minimum atomic E-state index is -4.68. The highest BCUT2D eigenvalue weighted by Crippen LogP contribution is 2.32. The molecule has 1 aliphatic heterocycles. The van der Waals surface area contributed by atoms with Gasteiger partial charge in [-0.25, -0.2) is 9.50 Å². The first-order valence-electron chi connectivity index (χ1n) is 10.2. The number of benzene rings is 1. The highest BCUT2D eigenvalue weighted by molar-refractivity contribution is 6.30. The predicted molar refractivity (Wildman–Crippen MR) is 112 cm³/mol. The summed E-state index contributed by atoms with van der Waals surface area (Å²) in [5.74, 6) is -0.534. The van der Waals surface area contributed by atoms with E-state index in [1.54, 1.807) is 24.3 Å². The molecule has 4 rings (SSSR count). The molecule has 3 heterocycles. The zero-order chi connectivity index (χ0) is 22.7. The van der Waals surface area contributed by atoms with Crippen LogP contribution >= 0.6 is 11.6 Å². The van der Waals surface area contributed by atoms with Crippen LogP contribution in [0.5, 0.6) is 0 Å². The van der Waals surface area contributed by atoms with Crippen LogP contribution in [0.4, 0.5) is 13.2 Å². The van der Waals surface area contributed by atoms with Crippen molar-refractivity contribution in [3.8, 4) is 11.3 Å². The van der Waals surface area contributed by atoms with Gasteiger partial charge in [0.2, 0.25) is 0 Å². The number of amides is 1. The first-order chi connectivity index (χ1) is 15.3. The number of carbonyl (C=O) groups is 1. The topological polar surface area (TPSA) is 73.0 Å². The number of alkyl halides is 3. The Labute approximate surface area is 187 Å². The van der Waals surface area contributed by atoms with Gasteiger partial charge in [0.1, 0.15) is 13.1 Å². The highest BCUT2D eigenvalue weighted by atomic mass is 35.5. The van der Waals surface area contributed by atoms with Crippen molar-refractivity contribution in [3.63, 3.8) is 0 Å². The third-order valence-corrected chi connectivity index (χ3v) is 5.53. The zero-order valence-corrected chi connectivity index (χ0v) is 17.8. The largest absolute Gasteiger partial charge is 0.433 e. The molecule has 0 aliphatic carbocycles. The summed E-state index contributed by atoms with van der Waals surface area (Å²) in [7, 11) is 0. The molecule has 0 spiro atoms. The van der Waals surface area contributed by atoms with E-state index in [-0.39, 0.29) is 17.0 Å². The maximum absolute atomic E-state index is 13.7. The number of nitrogens with one attached hydrogen (secondary N) is 2. The van der Waals surface area contributed by atoms with Gasteiger partial charge < -0.3 is 15.0 Å². The molecule has 11 heteroatoms. The number of quaternary nitrogens is 1. The van der Waals surface area contributed by atoms with E-state index in [1.807, 2.05) is 0 Å². The summed E-state index contributed by atoms with van der Waals surface area (Å²) in [5, 5.41) is 7.07. The molecule has 1 amide bonds. The van der Waals surface area contributed by atoms with E-state index in [0.29, 0.717) is 21.6 Å². The Morgan fingerprint density at radius 1 is 1.19 bits per heavy atom. The smallest absolute Gasteiger partial charge is 0.370 e. The van der Waals surface area contributed by atoms with E-state index in [4.69, 9.17) is 16.3 Å². The molecule has 3 aromatic rings. The molecule has 0 saturated carbocycles. The molecule has 0 bridgehead atoms. The monoisotopic (exact) mass is 468 g/mol. The average molecular weight is 469 g/mol. The van der Waals surface area contributed by atoms with Crippen LogP contribution in [-0.4, -0.2) is 59.9 Å². The lowest BCUT2D eigenvalue weighted by atomic mass is 10.1. The maximum Gasteiger partial charge on any atom is 0.433 e. The second-order valence-corrected chi connectivity index (χ2v) is 7.99. The normalized spacial score (nSPS) is 15.2. The number of carbonyl (C=O) groups excluding carboxylic acids is 1. The molecule has 170 valence electrons. The summed E-state index contributed by atoms with van der Waals surface area (Å²) in [4.78, 5) is 18.2. The molecule has 32 heavy (non-hydrogen) atoms. The number of ether oxygens (including phenoxy) is 1. The number of rotatable bonds is 6. The first kappa shape index (κ1) is 22.5. The predicted octanol–water partition coefficient (Wildman–Crippen LogP) is 2.10. The summed E-state index contributed by atoms with van der Waals surface area (Å²) in [5.41, 5.74) is -0.605. The van der Waals surface area contributed by atoms with Gasteiger partial charge in [0, 0.05) is 29.6 Å². The maximum atomic E-state index is 13.7. The summed E-state index contributed by atoms with van der Waals surface area (Å²) in [6.07, 6.45) is -3.93. The van der Waals surface area contributed by atoms with Crippen LogP contribution < -0.4 is 10.2 Å². The molecule has 0 radical (unpaired) electrons. The highest BCUT2D eigenvalue weighted by Gasteiger charge is 2.35. The molecule has 1 aliphatic rings. The number of hydrogen-bond donors (Lipinski definition) is 2. The fourth-order valence-corrected chi connectivity index (χ4v) is 3.72. The zero-order valence-electron chi connectivity index (χ0n) is 17.1. The molecule has 0 atom stereocenters. The van der Waals surface area contributed by atoms with Gasteiger partial charge >= 0.3 is 6.18 Å². The van der Waals surface area contributed by atoms with Crippen LogP contribution in [0.15, 0.2) is 36.4 Å². The van der Waals surface area contributed by atoms with Crippen molar-refractivity contribution in [2.75, 3.05) is 39.4 Å². The summed E-state index contributed by atoms with van der Waals surface area (Å²) in [6.45, 7) is 4.63. The number of nitrogens with zero attached hydrogens (tertiary/aromatic N) is 3. The van der Waals surface area contributed by atoms with Crippen LogP contribution in [0.3, 0.4) is 0 Å². The number of halogens is 4. The Morgan fingerprint density at radius 3 is 2.59 bits per heavy atom. The third kappa shape index (κ3) is 5.20. The Balaban J connectivity index is 1.52. The second-order valence-electron chi connectivity index (χ2n) is 7.55. The summed E-state index contributed by atoms with van der Waals surface area (Å²) >= 11 is 5.87. The van der Waals surface area contributed by atoms with Gasteiger partial charge in [-0.1, -0.05) is 23.7 Å². The number of hydrogen-bond acceptors (Lipinski definition) is 4. The molecule has 1 fully saturated rings. The van der Waals surface area contributed by atoms with Crippen molar-refractivity contribution < 1.29 is 27.6 Å². The van der Waals surface area contributed by atoms with Crippen LogP contribution in [-0.2, 0) is 10.9 Å². The fraction of sp³-hybridized carbons (Fsp3) is 0.381. The van der Waals surface area contributed by atoms with Gasteiger partial charge in [-0.05, 0) is 18.2 Å².